The zero-order valence-corrected chi connectivity index (χ0v) is 19.6. The molecule has 0 radical (unpaired) electrons. The number of morpholine rings is 1. The predicted octanol–water partition coefficient (Wildman–Crippen LogP) is 2.31. The topological polar surface area (TPSA) is 120 Å². The minimum atomic E-state index is -3.61. The molecule has 2 heterocycles. The quantitative estimate of drug-likeness (QED) is 0.514. The number of aromatic nitrogens is 1. The molecule has 1 amide bonds. The molecule has 1 aromatic heterocycles. The summed E-state index contributed by atoms with van der Waals surface area (Å²) in [7, 11) is -0.502. The van der Waals surface area contributed by atoms with Crippen molar-refractivity contribution < 1.29 is 31.9 Å². The third-order valence-corrected chi connectivity index (χ3v) is 7.29. The molecule has 0 bridgehead atoms. The summed E-state index contributed by atoms with van der Waals surface area (Å²) in [6.45, 7) is 1.51. The molecule has 1 fully saturated rings. The number of hydrogen-bond donors (Lipinski definition) is 1. The lowest BCUT2D eigenvalue weighted by molar-refractivity contribution is 0.0730. The highest BCUT2D eigenvalue weighted by Gasteiger charge is 2.26. The maximum atomic E-state index is 12.7. The molecular weight excluding hydrogens is 462 g/mol. The van der Waals surface area contributed by atoms with Gasteiger partial charge in [0.1, 0.15) is 5.69 Å². The van der Waals surface area contributed by atoms with Crippen molar-refractivity contribution in [1.82, 2.24) is 14.8 Å². The minimum Gasteiger partial charge on any atom is -0.493 e. The largest absolute Gasteiger partial charge is 0.493 e. The Balaban J connectivity index is 1.38. The summed E-state index contributed by atoms with van der Waals surface area (Å²) in [5.74, 6) is 1.32. The van der Waals surface area contributed by atoms with E-state index in [4.69, 9.17) is 18.7 Å². The number of methoxy groups -OCH3 is 2. The van der Waals surface area contributed by atoms with Crippen molar-refractivity contribution in [3.05, 3.63) is 59.8 Å². The maximum absolute atomic E-state index is 12.7. The Hall–Kier alpha value is -3.41. The fourth-order valence-electron chi connectivity index (χ4n) is 3.51. The lowest BCUT2D eigenvalue weighted by Gasteiger charge is -2.26. The van der Waals surface area contributed by atoms with E-state index in [0.717, 1.165) is 5.56 Å². The molecule has 4 rings (SSSR count). The van der Waals surface area contributed by atoms with Crippen LogP contribution in [0.2, 0.25) is 0 Å². The molecule has 0 atom stereocenters. The summed E-state index contributed by atoms with van der Waals surface area (Å²) in [4.78, 5) is 12.7. The molecule has 2 aromatic carbocycles. The average molecular weight is 488 g/mol. The van der Waals surface area contributed by atoms with Crippen LogP contribution < -0.4 is 14.8 Å². The first-order chi connectivity index (χ1) is 16.4. The molecule has 11 heteroatoms. The van der Waals surface area contributed by atoms with Crippen LogP contribution in [0.1, 0.15) is 16.1 Å². The van der Waals surface area contributed by atoms with E-state index in [1.807, 2.05) is 6.07 Å². The first-order valence-electron chi connectivity index (χ1n) is 10.6. The van der Waals surface area contributed by atoms with E-state index >= 15 is 0 Å². The van der Waals surface area contributed by atoms with Gasteiger partial charge in [0.05, 0.1) is 38.9 Å². The van der Waals surface area contributed by atoms with E-state index in [-0.39, 0.29) is 17.3 Å². The minimum absolute atomic E-state index is 0.141. The predicted molar refractivity (Wildman–Crippen MR) is 122 cm³/mol. The second-order valence-corrected chi connectivity index (χ2v) is 9.41. The van der Waals surface area contributed by atoms with E-state index in [2.05, 4.69) is 10.5 Å². The summed E-state index contributed by atoms with van der Waals surface area (Å²) >= 11 is 0. The molecule has 0 unspecified atom stereocenters. The van der Waals surface area contributed by atoms with Crippen LogP contribution in [0.25, 0.3) is 11.3 Å². The van der Waals surface area contributed by atoms with Crippen LogP contribution in [0.3, 0.4) is 0 Å². The Morgan fingerprint density at radius 2 is 1.74 bits per heavy atom. The molecular formula is C23H25N3O7S. The van der Waals surface area contributed by atoms with Crippen molar-refractivity contribution in [3.8, 4) is 22.8 Å². The number of hydrogen-bond acceptors (Lipinski definition) is 8. The van der Waals surface area contributed by atoms with Crippen molar-refractivity contribution >= 4 is 15.9 Å². The number of carbonyl (C=O) groups is 1. The van der Waals surface area contributed by atoms with E-state index in [1.165, 1.54) is 28.6 Å². The third kappa shape index (κ3) is 5.06. The Morgan fingerprint density at radius 3 is 2.41 bits per heavy atom. The zero-order chi connectivity index (χ0) is 24.1. The van der Waals surface area contributed by atoms with Crippen molar-refractivity contribution in [2.45, 2.75) is 11.4 Å². The average Bonchev–Trinajstić information content (AvgIpc) is 3.36. The van der Waals surface area contributed by atoms with Crippen molar-refractivity contribution in [3.63, 3.8) is 0 Å². The molecule has 34 heavy (non-hydrogen) atoms. The van der Waals surface area contributed by atoms with Gasteiger partial charge < -0.3 is 24.1 Å². The van der Waals surface area contributed by atoms with Crippen molar-refractivity contribution in [2.24, 2.45) is 0 Å². The van der Waals surface area contributed by atoms with Gasteiger partial charge in [-0.2, -0.15) is 4.31 Å². The summed E-state index contributed by atoms with van der Waals surface area (Å²) in [6.07, 6.45) is 0. The molecule has 1 aliphatic rings. The number of rotatable bonds is 8. The van der Waals surface area contributed by atoms with E-state index < -0.39 is 10.0 Å². The van der Waals surface area contributed by atoms with Crippen LogP contribution in [-0.4, -0.2) is 64.3 Å². The number of nitrogens with one attached hydrogen (secondary N) is 1. The number of benzene rings is 2. The van der Waals surface area contributed by atoms with Gasteiger partial charge in [0.15, 0.2) is 17.3 Å². The van der Waals surface area contributed by atoms with Crippen molar-refractivity contribution in [1.29, 1.82) is 0 Å². The smallest absolute Gasteiger partial charge is 0.251 e. The maximum Gasteiger partial charge on any atom is 0.251 e. The molecule has 10 nitrogen and oxygen atoms in total. The molecule has 1 N–H and O–H groups in total. The van der Waals surface area contributed by atoms with Gasteiger partial charge in [-0.3, -0.25) is 4.79 Å². The molecule has 180 valence electrons. The van der Waals surface area contributed by atoms with Crippen LogP contribution in [0.5, 0.6) is 11.5 Å². The lowest BCUT2D eigenvalue weighted by atomic mass is 10.1. The van der Waals surface area contributed by atoms with Crippen LogP contribution in [0, 0.1) is 0 Å². The fourth-order valence-corrected chi connectivity index (χ4v) is 4.92. The SMILES string of the molecule is COc1ccc(-c2cc(CNC(=O)c3ccc(S(=O)(=O)N4CCOCC4)cc3)no2)cc1OC. The van der Waals surface area contributed by atoms with Crippen LogP contribution in [0.4, 0.5) is 0 Å². The molecule has 1 saturated heterocycles. The van der Waals surface area contributed by atoms with Crippen LogP contribution >= 0.6 is 0 Å². The Bertz CT molecular complexity index is 1250. The van der Waals surface area contributed by atoms with Gasteiger partial charge in [0, 0.05) is 30.3 Å². The summed E-state index contributed by atoms with van der Waals surface area (Å²) < 4.78 is 48.0. The normalized spacial score (nSPS) is 14.5. The van der Waals surface area contributed by atoms with Gasteiger partial charge in [-0.25, -0.2) is 8.42 Å². The lowest BCUT2D eigenvalue weighted by Crippen LogP contribution is -2.40. The third-order valence-electron chi connectivity index (χ3n) is 5.38. The van der Waals surface area contributed by atoms with Crippen LogP contribution in [0.15, 0.2) is 57.9 Å². The van der Waals surface area contributed by atoms with Gasteiger partial charge in [-0.1, -0.05) is 5.16 Å². The van der Waals surface area contributed by atoms with Gasteiger partial charge in [-0.05, 0) is 42.5 Å². The Kier molecular flexibility index (Phi) is 7.15. The Morgan fingerprint density at radius 1 is 1.03 bits per heavy atom. The molecule has 0 aliphatic carbocycles. The number of ether oxygens (including phenoxy) is 3. The van der Waals surface area contributed by atoms with Crippen LogP contribution in [-0.2, 0) is 21.3 Å². The monoisotopic (exact) mass is 487 g/mol. The first-order valence-corrected chi connectivity index (χ1v) is 12.0. The highest BCUT2D eigenvalue weighted by atomic mass is 32.2. The summed E-state index contributed by atoms with van der Waals surface area (Å²) in [5, 5.41) is 6.76. The molecule has 0 spiro atoms. The highest BCUT2D eigenvalue weighted by Crippen LogP contribution is 2.32. The summed E-state index contributed by atoms with van der Waals surface area (Å²) in [5.41, 5.74) is 1.62. The van der Waals surface area contributed by atoms with E-state index in [1.54, 1.807) is 32.4 Å². The zero-order valence-electron chi connectivity index (χ0n) is 18.8. The van der Waals surface area contributed by atoms with Gasteiger partial charge in [-0.15, -0.1) is 0 Å². The molecule has 3 aromatic rings. The first kappa shape index (κ1) is 23.7. The molecule has 0 saturated carbocycles. The van der Waals surface area contributed by atoms with E-state index in [0.29, 0.717) is 54.8 Å². The van der Waals surface area contributed by atoms with Crippen molar-refractivity contribution in [2.75, 3.05) is 40.5 Å². The second kappa shape index (κ2) is 10.2. The standard InChI is InChI=1S/C23H25N3O7S/c1-30-20-8-5-17(13-22(20)31-2)21-14-18(25-33-21)15-24-23(27)16-3-6-19(7-4-16)34(28,29)26-9-11-32-12-10-26/h3-8,13-14H,9-12,15H2,1-2H3,(H,24,27). The molecule has 1 aliphatic heterocycles. The van der Waals surface area contributed by atoms with E-state index in [9.17, 15) is 13.2 Å². The van der Waals surface area contributed by atoms with Gasteiger partial charge in [0.25, 0.3) is 5.91 Å². The number of carbonyl (C=O) groups excluding carboxylic acids is 1. The summed E-state index contributed by atoms with van der Waals surface area (Å²) in [6, 6.07) is 12.9. The van der Waals surface area contributed by atoms with Gasteiger partial charge >= 0.3 is 0 Å². The number of amides is 1. The van der Waals surface area contributed by atoms with Gasteiger partial charge in [0.2, 0.25) is 10.0 Å². The highest BCUT2D eigenvalue weighted by molar-refractivity contribution is 7.89. The number of nitrogens with zero attached hydrogens (tertiary/aromatic N) is 2. The second-order valence-electron chi connectivity index (χ2n) is 7.48. The fraction of sp³-hybridized carbons (Fsp3) is 0.304. The number of sulfonamides is 1. The Labute approximate surface area is 197 Å².